The highest BCUT2D eigenvalue weighted by Gasteiger charge is 2.22. The van der Waals surface area contributed by atoms with Gasteiger partial charge in [-0.1, -0.05) is 32.9 Å². The maximum atomic E-state index is 11.9. The van der Waals surface area contributed by atoms with Gasteiger partial charge >= 0.3 is 0 Å². The summed E-state index contributed by atoms with van der Waals surface area (Å²) in [5.74, 6) is 0.0371. The molecule has 118 valence electrons. The van der Waals surface area contributed by atoms with Crippen LogP contribution in [0.5, 0.6) is 0 Å². The number of carbonyl (C=O) groups is 1. The van der Waals surface area contributed by atoms with E-state index in [1.165, 1.54) is 26.9 Å². The molecule has 0 fully saturated rings. The molecular weight excluding hydrogens is 309 g/mol. The second-order valence-electron chi connectivity index (χ2n) is 5.82. The minimum Gasteiger partial charge on any atom is -0.365 e. The first kappa shape index (κ1) is 17.2. The number of aryl methyl sites for hydroxylation is 2. The number of benzene rings is 1. The SMILES string of the molecule is CCc1[pH]c(C(N)=O)c(C(C)C)c1-c1ccc(SC)c(C)c1. The number of nitrogens with two attached hydrogens (primary N) is 1. The van der Waals surface area contributed by atoms with Gasteiger partial charge in [0, 0.05) is 4.90 Å². The third-order valence-electron chi connectivity index (χ3n) is 3.98. The summed E-state index contributed by atoms with van der Waals surface area (Å²) in [6.45, 7) is 8.59. The Kier molecular flexibility index (Phi) is 5.41. The van der Waals surface area contributed by atoms with Crippen LogP contribution >= 0.6 is 20.0 Å². The molecule has 0 saturated carbocycles. The van der Waals surface area contributed by atoms with Crippen LogP contribution in [0.1, 0.15) is 53.2 Å². The number of carbonyl (C=O) groups excluding carboxylic acids is 1. The molecule has 1 heterocycles. The first-order chi connectivity index (χ1) is 10.4. The molecule has 1 aromatic carbocycles. The summed E-state index contributed by atoms with van der Waals surface area (Å²) in [6.07, 6.45) is 3.06. The van der Waals surface area contributed by atoms with Gasteiger partial charge in [0.05, 0.1) is 5.30 Å². The number of thioether (sulfide) groups is 1. The van der Waals surface area contributed by atoms with Gasteiger partial charge < -0.3 is 5.73 Å². The summed E-state index contributed by atoms with van der Waals surface area (Å²) >= 11 is 1.77. The Balaban J connectivity index is 2.72. The van der Waals surface area contributed by atoms with Crippen LogP contribution in [0.4, 0.5) is 0 Å². The maximum absolute atomic E-state index is 11.9. The van der Waals surface area contributed by atoms with Crippen molar-refractivity contribution in [2.24, 2.45) is 5.73 Å². The quantitative estimate of drug-likeness (QED) is 0.764. The smallest absolute Gasteiger partial charge is 0.252 e. The van der Waals surface area contributed by atoms with E-state index < -0.39 is 0 Å². The predicted molar refractivity (Wildman–Crippen MR) is 99.9 cm³/mol. The molecule has 0 spiro atoms. The Morgan fingerprint density at radius 2 is 2.05 bits per heavy atom. The van der Waals surface area contributed by atoms with Crippen molar-refractivity contribution < 1.29 is 4.79 Å². The molecule has 2 nitrogen and oxygen atoms in total. The Labute approximate surface area is 139 Å². The van der Waals surface area contributed by atoms with Crippen LogP contribution in [0.25, 0.3) is 11.1 Å². The second kappa shape index (κ2) is 6.93. The molecular formula is C18H24NOPS. The average molecular weight is 333 g/mol. The van der Waals surface area contributed by atoms with Crippen molar-refractivity contribution >= 4 is 25.9 Å². The van der Waals surface area contributed by atoms with E-state index in [1.807, 2.05) is 0 Å². The number of amides is 1. The van der Waals surface area contributed by atoms with Crippen molar-refractivity contribution in [3.8, 4) is 11.1 Å². The van der Waals surface area contributed by atoms with Crippen molar-refractivity contribution in [2.45, 2.75) is 44.9 Å². The Bertz CT molecular complexity index is 703. The van der Waals surface area contributed by atoms with Crippen LogP contribution < -0.4 is 5.73 Å². The fourth-order valence-corrected chi connectivity index (χ4v) is 5.11. The highest BCUT2D eigenvalue weighted by molar-refractivity contribution is 7.98. The number of hydrogen-bond acceptors (Lipinski definition) is 2. The summed E-state index contributed by atoms with van der Waals surface area (Å²) < 4.78 is 0. The minimum absolute atomic E-state index is 0.263. The summed E-state index contributed by atoms with van der Waals surface area (Å²) in [7, 11) is 0.424. The third kappa shape index (κ3) is 3.11. The molecule has 0 saturated heterocycles. The zero-order valence-corrected chi connectivity index (χ0v) is 15.7. The van der Waals surface area contributed by atoms with Crippen LogP contribution in [-0.4, -0.2) is 12.2 Å². The summed E-state index contributed by atoms with van der Waals surface area (Å²) in [5, 5.41) is 2.18. The topological polar surface area (TPSA) is 43.1 Å². The van der Waals surface area contributed by atoms with E-state index in [9.17, 15) is 4.79 Å². The van der Waals surface area contributed by atoms with E-state index in [4.69, 9.17) is 5.73 Å². The molecule has 0 aliphatic rings. The fourth-order valence-electron chi connectivity index (χ4n) is 2.97. The Morgan fingerprint density at radius 1 is 1.36 bits per heavy atom. The molecule has 2 rings (SSSR count). The lowest BCUT2D eigenvalue weighted by molar-refractivity contribution is 0.100. The molecule has 0 aliphatic heterocycles. The molecule has 1 atom stereocenters. The highest BCUT2D eigenvalue weighted by atomic mass is 32.2. The van der Waals surface area contributed by atoms with Gasteiger partial charge in [0.1, 0.15) is 0 Å². The minimum atomic E-state index is -0.263. The summed E-state index contributed by atoms with van der Waals surface area (Å²) in [5.41, 5.74) is 10.6. The molecule has 0 bridgehead atoms. The monoisotopic (exact) mass is 333 g/mol. The van der Waals surface area contributed by atoms with E-state index in [1.54, 1.807) is 11.8 Å². The van der Waals surface area contributed by atoms with E-state index in [2.05, 4.69) is 52.1 Å². The van der Waals surface area contributed by atoms with Gasteiger partial charge in [0.25, 0.3) is 5.91 Å². The van der Waals surface area contributed by atoms with Gasteiger partial charge in [0.15, 0.2) is 0 Å². The van der Waals surface area contributed by atoms with Crippen molar-refractivity contribution in [1.29, 1.82) is 0 Å². The molecule has 2 aromatic rings. The van der Waals surface area contributed by atoms with Crippen molar-refractivity contribution in [2.75, 3.05) is 6.26 Å². The molecule has 0 aliphatic carbocycles. The number of hydrogen-bond donors (Lipinski definition) is 1. The van der Waals surface area contributed by atoms with Crippen LogP contribution in [0, 0.1) is 6.92 Å². The van der Waals surface area contributed by atoms with Gasteiger partial charge in [0.2, 0.25) is 0 Å². The van der Waals surface area contributed by atoms with Gasteiger partial charge in [-0.3, -0.25) is 4.79 Å². The highest BCUT2D eigenvalue weighted by Crippen LogP contribution is 2.44. The standard InChI is InChI=1S/C18H24NOPS/c1-6-13-16(12-7-8-14(22-5)11(4)9-12)15(10(2)3)17(21-13)18(19)20/h7-10,21H,6H2,1-5H3,(H2,19,20). The van der Waals surface area contributed by atoms with Crippen molar-refractivity contribution in [1.82, 2.24) is 0 Å². The van der Waals surface area contributed by atoms with Gasteiger partial charge in [-0.05, 0) is 59.1 Å². The lowest BCUT2D eigenvalue weighted by atomic mass is 9.91. The molecule has 1 amide bonds. The first-order valence-electron chi connectivity index (χ1n) is 7.60. The summed E-state index contributed by atoms with van der Waals surface area (Å²) in [4.78, 5) is 13.2. The number of rotatable bonds is 5. The van der Waals surface area contributed by atoms with Crippen molar-refractivity contribution in [3.63, 3.8) is 0 Å². The fraction of sp³-hybridized carbons (Fsp3) is 0.389. The maximum Gasteiger partial charge on any atom is 0.252 e. The lowest BCUT2D eigenvalue weighted by Crippen LogP contribution is -2.11. The van der Waals surface area contributed by atoms with Gasteiger partial charge in [-0.2, -0.15) is 0 Å². The molecule has 0 radical (unpaired) electrons. The van der Waals surface area contributed by atoms with E-state index in [0.717, 1.165) is 17.3 Å². The van der Waals surface area contributed by atoms with Gasteiger partial charge in [-0.15, -0.1) is 20.0 Å². The first-order valence-corrected chi connectivity index (χ1v) is 9.82. The van der Waals surface area contributed by atoms with Crippen molar-refractivity contribution in [3.05, 3.63) is 39.9 Å². The zero-order chi connectivity index (χ0) is 16.4. The normalized spacial score (nSPS) is 11.5. The number of primary amides is 1. The van der Waals surface area contributed by atoms with Crippen LogP contribution in [0.15, 0.2) is 23.1 Å². The Morgan fingerprint density at radius 3 is 2.50 bits per heavy atom. The Hall–Kier alpha value is -1.18. The summed E-state index contributed by atoms with van der Waals surface area (Å²) in [6, 6.07) is 6.60. The molecule has 4 heteroatoms. The molecule has 1 aromatic heterocycles. The van der Waals surface area contributed by atoms with E-state index in [0.29, 0.717) is 14.1 Å². The largest absolute Gasteiger partial charge is 0.365 e. The third-order valence-corrected chi connectivity index (χ3v) is 6.55. The van der Waals surface area contributed by atoms with Crippen LogP contribution in [0.2, 0.25) is 0 Å². The lowest BCUT2D eigenvalue weighted by Gasteiger charge is -2.14. The zero-order valence-electron chi connectivity index (χ0n) is 13.9. The van der Waals surface area contributed by atoms with E-state index >= 15 is 0 Å². The predicted octanol–water partition coefficient (Wildman–Crippen LogP) is 5.20. The van der Waals surface area contributed by atoms with Gasteiger partial charge in [-0.25, -0.2) is 0 Å². The van der Waals surface area contributed by atoms with Crippen LogP contribution in [-0.2, 0) is 6.42 Å². The average Bonchev–Trinajstić information content (AvgIpc) is 2.87. The van der Waals surface area contributed by atoms with Crippen LogP contribution in [0.3, 0.4) is 0 Å². The molecule has 1 unspecified atom stereocenters. The molecule has 2 N–H and O–H groups in total. The molecule has 22 heavy (non-hydrogen) atoms. The van der Waals surface area contributed by atoms with E-state index in [-0.39, 0.29) is 5.91 Å². The second-order valence-corrected chi connectivity index (χ2v) is 8.03.